The molecule has 0 aliphatic heterocycles. The van der Waals surface area contributed by atoms with E-state index in [-0.39, 0.29) is 24.3 Å². The molecule has 2 aliphatic rings. The maximum atomic E-state index is 12.2. The van der Waals surface area contributed by atoms with E-state index in [0.29, 0.717) is 30.1 Å². The first-order chi connectivity index (χ1) is 15.4. The number of carbonyl (C=O) groups excluding carboxylic acids is 2. The molecular formula is C26H30O6. The third-order valence-corrected chi connectivity index (χ3v) is 6.03. The zero-order chi connectivity index (χ0) is 22.9. The van der Waals surface area contributed by atoms with Gasteiger partial charge in [0.05, 0.1) is 14.2 Å². The van der Waals surface area contributed by atoms with Gasteiger partial charge in [0.1, 0.15) is 12.2 Å². The van der Waals surface area contributed by atoms with Crippen molar-refractivity contribution in [2.24, 2.45) is 5.92 Å². The molecule has 2 aromatic rings. The van der Waals surface area contributed by atoms with Crippen molar-refractivity contribution in [3.63, 3.8) is 0 Å². The maximum Gasteiger partial charge on any atom is 0.306 e. The van der Waals surface area contributed by atoms with Gasteiger partial charge in [-0.2, -0.15) is 0 Å². The molecule has 0 atom stereocenters. The van der Waals surface area contributed by atoms with Gasteiger partial charge in [-0.25, -0.2) is 0 Å². The molecule has 1 saturated carbocycles. The maximum absolute atomic E-state index is 12.2. The van der Waals surface area contributed by atoms with Crippen LogP contribution in [-0.4, -0.2) is 38.2 Å². The predicted octanol–water partition coefficient (Wildman–Crippen LogP) is 5.00. The van der Waals surface area contributed by atoms with Gasteiger partial charge in [0.2, 0.25) is 5.75 Å². The molecule has 0 radical (unpaired) electrons. The molecule has 6 heteroatoms. The van der Waals surface area contributed by atoms with Gasteiger partial charge in [-0.05, 0) is 48.4 Å². The van der Waals surface area contributed by atoms with E-state index in [1.807, 2.05) is 44.2 Å². The van der Waals surface area contributed by atoms with Crippen LogP contribution in [0.15, 0.2) is 30.3 Å². The second-order valence-corrected chi connectivity index (χ2v) is 9.02. The molecule has 0 aromatic heterocycles. The molecule has 4 rings (SSSR count). The first kappa shape index (κ1) is 22.2. The lowest BCUT2D eigenvalue weighted by atomic mass is 9.99. The summed E-state index contributed by atoms with van der Waals surface area (Å²) in [6.07, 6.45) is 3.25. The largest absolute Gasteiger partial charge is 0.493 e. The van der Waals surface area contributed by atoms with Gasteiger partial charge in [-0.15, -0.1) is 0 Å². The van der Waals surface area contributed by atoms with Crippen molar-refractivity contribution in [3.8, 4) is 28.4 Å². The third kappa shape index (κ3) is 4.45. The van der Waals surface area contributed by atoms with E-state index in [2.05, 4.69) is 0 Å². The predicted molar refractivity (Wildman–Crippen MR) is 121 cm³/mol. The Morgan fingerprint density at radius 1 is 1.00 bits per heavy atom. The number of methoxy groups -OCH3 is 2. The molecule has 0 spiro atoms. The lowest BCUT2D eigenvalue weighted by molar-refractivity contribution is -0.153. The van der Waals surface area contributed by atoms with E-state index in [9.17, 15) is 9.59 Å². The SMILES string of the molecule is COc1ccc(-c2ccc3c(c2)CCC3=O)c(OCC2(OC(=O)CC(C)C)CC2)c1OC. The van der Waals surface area contributed by atoms with Gasteiger partial charge in [0.15, 0.2) is 17.3 Å². The average Bonchev–Trinajstić information content (AvgIpc) is 3.43. The summed E-state index contributed by atoms with van der Waals surface area (Å²) in [5, 5.41) is 0. The van der Waals surface area contributed by atoms with Crippen LogP contribution in [0.25, 0.3) is 11.1 Å². The lowest BCUT2D eigenvalue weighted by Crippen LogP contribution is -2.27. The van der Waals surface area contributed by atoms with E-state index in [0.717, 1.165) is 41.5 Å². The van der Waals surface area contributed by atoms with Crippen LogP contribution in [0.1, 0.15) is 55.5 Å². The Hall–Kier alpha value is -3.02. The van der Waals surface area contributed by atoms with Crippen molar-refractivity contribution in [1.29, 1.82) is 0 Å². The van der Waals surface area contributed by atoms with E-state index in [4.69, 9.17) is 18.9 Å². The number of benzene rings is 2. The van der Waals surface area contributed by atoms with Crippen LogP contribution in [0.5, 0.6) is 17.2 Å². The number of Topliss-reactive ketones (excluding diaryl/α,β-unsaturated/α-hetero) is 1. The van der Waals surface area contributed by atoms with Crippen molar-refractivity contribution in [1.82, 2.24) is 0 Å². The summed E-state index contributed by atoms with van der Waals surface area (Å²) in [7, 11) is 3.16. The molecule has 170 valence electrons. The number of hydrogen-bond donors (Lipinski definition) is 0. The van der Waals surface area contributed by atoms with Crippen LogP contribution >= 0.6 is 0 Å². The standard InChI is InChI=1S/C26H30O6/c1-16(2)13-23(28)32-26(11-12-26)15-31-24-20(8-10-22(29-3)25(24)30-4)18-5-7-19-17(14-18)6-9-21(19)27/h5,7-8,10,14,16H,6,9,11-13,15H2,1-4H3. The molecule has 6 nitrogen and oxygen atoms in total. The van der Waals surface area contributed by atoms with Crippen LogP contribution in [0.3, 0.4) is 0 Å². The van der Waals surface area contributed by atoms with Gasteiger partial charge < -0.3 is 18.9 Å². The number of hydrogen-bond acceptors (Lipinski definition) is 6. The number of carbonyl (C=O) groups is 2. The lowest BCUT2D eigenvalue weighted by Gasteiger charge is -2.22. The fraction of sp³-hybridized carbons (Fsp3) is 0.462. The molecule has 0 unspecified atom stereocenters. The molecule has 32 heavy (non-hydrogen) atoms. The zero-order valence-corrected chi connectivity index (χ0v) is 19.2. The molecule has 1 fully saturated rings. The summed E-state index contributed by atoms with van der Waals surface area (Å²) in [6, 6.07) is 9.64. The molecule has 0 N–H and O–H groups in total. The van der Waals surface area contributed by atoms with Crippen molar-refractivity contribution in [3.05, 3.63) is 41.5 Å². The monoisotopic (exact) mass is 438 g/mol. The van der Waals surface area contributed by atoms with E-state index >= 15 is 0 Å². The molecule has 0 heterocycles. The van der Waals surface area contributed by atoms with E-state index in [1.165, 1.54) is 0 Å². The number of fused-ring (bicyclic) bond motifs is 1. The van der Waals surface area contributed by atoms with Gasteiger partial charge >= 0.3 is 5.97 Å². The Balaban J connectivity index is 1.63. The van der Waals surface area contributed by atoms with Crippen LogP contribution < -0.4 is 14.2 Å². The summed E-state index contributed by atoms with van der Waals surface area (Å²) in [6.45, 7) is 4.24. The summed E-state index contributed by atoms with van der Waals surface area (Å²) in [5.74, 6) is 1.84. The first-order valence-electron chi connectivity index (χ1n) is 11.1. The number of esters is 1. The Morgan fingerprint density at radius 2 is 1.75 bits per heavy atom. The van der Waals surface area contributed by atoms with E-state index < -0.39 is 5.60 Å². The zero-order valence-electron chi connectivity index (χ0n) is 19.2. The minimum atomic E-state index is -0.582. The molecule has 0 amide bonds. The van der Waals surface area contributed by atoms with Gasteiger partial charge in [0.25, 0.3) is 0 Å². The van der Waals surface area contributed by atoms with Crippen LogP contribution in [0.2, 0.25) is 0 Å². The minimum absolute atomic E-state index is 0.189. The highest BCUT2D eigenvalue weighted by molar-refractivity contribution is 6.01. The molecule has 0 bridgehead atoms. The van der Waals surface area contributed by atoms with Gasteiger partial charge in [-0.1, -0.05) is 32.0 Å². The van der Waals surface area contributed by atoms with E-state index in [1.54, 1.807) is 14.2 Å². The second-order valence-electron chi connectivity index (χ2n) is 9.02. The van der Waals surface area contributed by atoms with Crippen LogP contribution in [0.4, 0.5) is 0 Å². The molecule has 2 aromatic carbocycles. The Labute approximate surface area is 188 Å². The summed E-state index contributed by atoms with van der Waals surface area (Å²) >= 11 is 0. The van der Waals surface area contributed by atoms with Crippen molar-refractivity contribution < 1.29 is 28.5 Å². The fourth-order valence-electron chi connectivity index (χ4n) is 4.13. The third-order valence-electron chi connectivity index (χ3n) is 6.03. The Kier molecular flexibility index (Phi) is 6.13. The highest BCUT2D eigenvalue weighted by atomic mass is 16.6. The van der Waals surface area contributed by atoms with Crippen molar-refractivity contribution in [2.75, 3.05) is 20.8 Å². The van der Waals surface area contributed by atoms with Crippen molar-refractivity contribution in [2.45, 2.75) is 51.6 Å². The molecule has 2 aliphatic carbocycles. The van der Waals surface area contributed by atoms with Crippen LogP contribution in [0, 0.1) is 5.92 Å². The topological polar surface area (TPSA) is 71.1 Å². The van der Waals surface area contributed by atoms with Crippen LogP contribution in [-0.2, 0) is 16.0 Å². The highest BCUT2D eigenvalue weighted by Gasteiger charge is 2.48. The van der Waals surface area contributed by atoms with Gasteiger partial charge in [0, 0.05) is 24.0 Å². The fourth-order valence-corrected chi connectivity index (χ4v) is 4.13. The number of ether oxygens (including phenoxy) is 4. The average molecular weight is 439 g/mol. The second kappa shape index (κ2) is 8.85. The normalized spacial score (nSPS) is 16.0. The highest BCUT2D eigenvalue weighted by Crippen LogP contribution is 2.47. The molecular weight excluding hydrogens is 408 g/mol. The summed E-state index contributed by atoms with van der Waals surface area (Å²) < 4.78 is 23.2. The smallest absolute Gasteiger partial charge is 0.306 e. The quantitative estimate of drug-likeness (QED) is 0.513. The number of rotatable bonds is 9. The van der Waals surface area contributed by atoms with Gasteiger partial charge in [-0.3, -0.25) is 9.59 Å². The number of aryl methyl sites for hydroxylation is 1. The summed E-state index contributed by atoms with van der Waals surface area (Å²) in [4.78, 5) is 24.3. The van der Waals surface area contributed by atoms with Crippen molar-refractivity contribution >= 4 is 11.8 Å². The Morgan fingerprint density at radius 3 is 2.41 bits per heavy atom. The number of ketones is 1. The Bertz CT molecular complexity index is 1030. The minimum Gasteiger partial charge on any atom is -0.493 e. The summed E-state index contributed by atoms with van der Waals surface area (Å²) in [5.41, 5.74) is 3.05. The first-order valence-corrected chi connectivity index (χ1v) is 11.1. The molecule has 0 saturated heterocycles.